The maximum atomic E-state index is 9.30. The normalized spacial score (nSPS) is 21.6. The van der Waals surface area contributed by atoms with E-state index >= 15 is 0 Å². The van der Waals surface area contributed by atoms with Gasteiger partial charge in [-0.2, -0.15) is 0 Å². The molecule has 1 atom stereocenters. The van der Waals surface area contributed by atoms with Crippen LogP contribution in [-0.4, -0.2) is 30.9 Å². The average molecular weight is 249 g/mol. The van der Waals surface area contributed by atoms with Crippen LogP contribution in [0.5, 0.6) is 5.75 Å². The number of ether oxygens (including phenoxy) is 1. The summed E-state index contributed by atoms with van der Waals surface area (Å²) in [6.45, 7) is 7.57. The second kappa shape index (κ2) is 4.81. The third-order valence-corrected chi connectivity index (χ3v) is 3.91. The van der Waals surface area contributed by atoms with Crippen molar-refractivity contribution >= 4 is 5.69 Å². The molecule has 100 valence electrons. The number of nitrogens with zero attached hydrogens (tertiary/aromatic N) is 1. The highest BCUT2D eigenvalue weighted by Crippen LogP contribution is 2.46. The Morgan fingerprint density at radius 3 is 2.78 bits per heavy atom. The van der Waals surface area contributed by atoms with Crippen LogP contribution in [0.4, 0.5) is 5.69 Å². The van der Waals surface area contributed by atoms with Crippen LogP contribution in [0.2, 0.25) is 0 Å². The average Bonchev–Trinajstić information content (AvgIpc) is 2.32. The lowest BCUT2D eigenvalue weighted by Crippen LogP contribution is -2.49. The van der Waals surface area contributed by atoms with Gasteiger partial charge in [-0.25, -0.2) is 0 Å². The van der Waals surface area contributed by atoms with Crippen molar-refractivity contribution in [1.29, 1.82) is 0 Å². The Bertz CT molecular complexity index is 429. The van der Waals surface area contributed by atoms with E-state index in [0.717, 1.165) is 12.2 Å². The second-order valence-corrected chi connectivity index (χ2v) is 5.69. The van der Waals surface area contributed by atoms with Crippen molar-refractivity contribution in [2.24, 2.45) is 0 Å². The smallest absolute Gasteiger partial charge is 0.124 e. The van der Waals surface area contributed by atoms with Crippen LogP contribution in [-0.2, 0) is 0 Å². The second-order valence-electron chi connectivity index (χ2n) is 5.69. The van der Waals surface area contributed by atoms with Gasteiger partial charge in [0.2, 0.25) is 0 Å². The standard InChI is InChI=1S/C15H23NO2/c1-11-10-15(2,3)16(8-9-17)12-6-5-7-13(18-4)14(11)12/h5-7,11,17H,8-10H2,1-4H3. The molecule has 1 aromatic rings. The van der Waals surface area contributed by atoms with Gasteiger partial charge in [0.1, 0.15) is 5.75 Å². The summed E-state index contributed by atoms with van der Waals surface area (Å²) < 4.78 is 5.49. The SMILES string of the molecule is COc1cccc2c1C(C)CC(C)(C)N2CCO. The van der Waals surface area contributed by atoms with Gasteiger partial charge in [-0.05, 0) is 38.3 Å². The number of aliphatic hydroxyl groups excluding tert-OH is 1. The zero-order chi connectivity index (χ0) is 13.3. The summed E-state index contributed by atoms with van der Waals surface area (Å²) in [5.74, 6) is 1.43. The van der Waals surface area contributed by atoms with Crippen molar-refractivity contribution in [3.05, 3.63) is 23.8 Å². The molecule has 1 aromatic carbocycles. The molecule has 0 radical (unpaired) electrons. The molecule has 1 aliphatic heterocycles. The van der Waals surface area contributed by atoms with Crippen LogP contribution in [0.25, 0.3) is 0 Å². The van der Waals surface area contributed by atoms with E-state index in [0.29, 0.717) is 12.5 Å². The minimum atomic E-state index is 0.0709. The maximum absolute atomic E-state index is 9.30. The van der Waals surface area contributed by atoms with Crippen molar-refractivity contribution < 1.29 is 9.84 Å². The molecule has 0 spiro atoms. The van der Waals surface area contributed by atoms with Gasteiger partial charge in [0.05, 0.1) is 13.7 Å². The number of hydrogen-bond donors (Lipinski definition) is 1. The van der Waals surface area contributed by atoms with Gasteiger partial charge in [-0.1, -0.05) is 13.0 Å². The van der Waals surface area contributed by atoms with E-state index in [-0.39, 0.29) is 12.1 Å². The van der Waals surface area contributed by atoms with E-state index in [9.17, 15) is 5.11 Å². The van der Waals surface area contributed by atoms with Crippen LogP contribution in [0.1, 0.15) is 38.7 Å². The molecular weight excluding hydrogens is 226 g/mol. The summed E-state index contributed by atoms with van der Waals surface area (Å²) in [5, 5.41) is 9.30. The Morgan fingerprint density at radius 1 is 1.44 bits per heavy atom. The highest BCUT2D eigenvalue weighted by molar-refractivity contribution is 5.64. The van der Waals surface area contributed by atoms with Gasteiger partial charge in [-0.3, -0.25) is 0 Å². The van der Waals surface area contributed by atoms with E-state index in [1.54, 1.807) is 7.11 Å². The first-order valence-corrected chi connectivity index (χ1v) is 6.56. The molecule has 0 aromatic heterocycles. The predicted octanol–water partition coefficient (Wildman–Crippen LogP) is 2.78. The third-order valence-electron chi connectivity index (χ3n) is 3.91. The van der Waals surface area contributed by atoms with Crippen molar-refractivity contribution in [2.45, 2.75) is 38.6 Å². The molecule has 3 nitrogen and oxygen atoms in total. The van der Waals surface area contributed by atoms with E-state index in [4.69, 9.17) is 4.74 Å². The highest BCUT2D eigenvalue weighted by atomic mass is 16.5. The van der Waals surface area contributed by atoms with E-state index in [1.165, 1.54) is 11.3 Å². The highest BCUT2D eigenvalue weighted by Gasteiger charge is 2.37. The lowest BCUT2D eigenvalue weighted by atomic mass is 9.79. The van der Waals surface area contributed by atoms with E-state index in [2.05, 4.69) is 31.7 Å². The van der Waals surface area contributed by atoms with Gasteiger partial charge in [-0.15, -0.1) is 0 Å². The first-order chi connectivity index (χ1) is 8.51. The summed E-state index contributed by atoms with van der Waals surface area (Å²) in [6.07, 6.45) is 1.07. The molecule has 3 heteroatoms. The molecule has 2 rings (SSSR count). The Kier molecular flexibility index (Phi) is 3.53. The molecule has 1 aliphatic rings. The number of fused-ring (bicyclic) bond motifs is 1. The summed E-state index contributed by atoms with van der Waals surface area (Å²) in [5.41, 5.74) is 2.54. The quantitative estimate of drug-likeness (QED) is 0.894. The van der Waals surface area contributed by atoms with Crippen LogP contribution in [0.15, 0.2) is 18.2 Å². The van der Waals surface area contributed by atoms with Crippen LogP contribution in [0, 0.1) is 0 Å². The van der Waals surface area contributed by atoms with Crippen LogP contribution >= 0.6 is 0 Å². The number of β-amino-alcohol motifs (C(OH)–C–C–N with tert-alkyl or cyclic N) is 1. The van der Waals surface area contributed by atoms with Gasteiger partial charge >= 0.3 is 0 Å². The fourth-order valence-corrected chi connectivity index (χ4v) is 3.25. The summed E-state index contributed by atoms with van der Waals surface area (Å²) in [6, 6.07) is 6.17. The number of methoxy groups -OCH3 is 1. The molecule has 1 heterocycles. The topological polar surface area (TPSA) is 32.7 Å². The predicted molar refractivity (Wildman–Crippen MR) is 74.5 cm³/mol. The lowest BCUT2D eigenvalue weighted by molar-refractivity contribution is 0.275. The fourth-order valence-electron chi connectivity index (χ4n) is 3.25. The first kappa shape index (κ1) is 13.2. The number of anilines is 1. The summed E-state index contributed by atoms with van der Waals surface area (Å²) >= 11 is 0. The number of aliphatic hydroxyl groups is 1. The Morgan fingerprint density at radius 2 is 2.17 bits per heavy atom. The Balaban J connectivity index is 2.54. The minimum Gasteiger partial charge on any atom is -0.496 e. The maximum Gasteiger partial charge on any atom is 0.124 e. The molecule has 1 unspecified atom stereocenters. The largest absolute Gasteiger partial charge is 0.496 e. The molecule has 0 bridgehead atoms. The summed E-state index contributed by atoms with van der Waals surface area (Å²) in [4.78, 5) is 2.30. The first-order valence-electron chi connectivity index (χ1n) is 6.56. The molecule has 1 N–H and O–H groups in total. The van der Waals surface area contributed by atoms with Crippen molar-refractivity contribution in [2.75, 3.05) is 25.2 Å². The van der Waals surface area contributed by atoms with Gasteiger partial charge in [0.15, 0.2) is 0 Å². The molecule has 0 amide bonds. The Hall–Kier alpha value is -1.22. The fraction of sp³-hybridized carbons (Fsp3) is 0.600. The van der Waals surface area contributed by atoms with Crippen LogP contribution < -0.4 is 9.64 Å². The number of hydrogen-bond acceptors (Lipinski definition) is 3. The van der Waals surface area contributed by atoms with Gasteiger partial charge in [0.25, 0.3) is 0 Å². The molecule has 0 saturated heterocycles. The van der Waals surface area contributed by atoms with Gasteiger partial charge in [0, 0.05) is 23.3 Å². The zero-order valence-electron chi connectivity index (χ0n) is 11.7. The van der Waals surface area contributed by atoms with Crippen LogP contribution in [0.3, 0.4) is 0 Å². The molecule has 0 aliphatic carbocycles. The van der Waals surface area contributed by atoms with Crippen molar-refractivity contribution in [3.8, 4) is 5.75 Å². The van der Waals surface area contributed by atoms with Crippen molar-refractivity contribution in [1.82, 2.24) is 0 Å². The van der Waals surface area contributed by atoms with Crippen molar-refractivity contribution in [3.63, 3.8) is 0 Å². The third kappa shape index (κ3) is 2.07. The minimum absolute atomic E-state index is 0.0709. The lowest BCUT2D eigenvalue weighted by Gasteiger charge is -2.47. The number of benzene rings is 1. The molecule has 0 fully saturated rings. The number of rotatable bonds is 3. The zero-order valence-corrected chi connectivity index (χ0v) is 11.7. The van der Waals surface area contributed by atoms with E-state index in [1.807, 2.05) is 12.1 Å². The van der Waals surface area contributed by atoms with Gasteiger partial charge < -0.3 is 14.7 Å². The molecule has 0 saturated carbocycles. The Labute approximate surface area is 109 Å². The monoisotopic (exact) mass is 249 g/mol. The summed E-state index contributed by atoms with van der Waals surface area (Å²) in [7, 11) is 1.72. The molecular formula is C15H23NO2. The van der Waals surface area contributed by atoms with E-state index < -0.39 is 0 Å². The molecule has 18 heavy (non-hydrogen) atoms.